The average Bonchev–Trinajstić information content (AvgIpc) is 2.73. The zero-order valence-electron chi connectivity index (χ0n) is 15.8. The first kappa shape index (κ1) is 19.4. The summed E-state index contributed by atoms with van der Waals surface area (Å²) < 4.78 is 23.9. The lowest BCUT2D eigenvalue weighted by Crippen LogP contribution is -2.30. The van der Waals surface area contributed by atoms with Crippen LogP contribution in [0.4, 0.5) is 4.39 Å². The molecule has 0 aliphatic carbocycles. The largest absolute Gasteiger partial charge is 0.497 e. The molecule has 0 heterocycles. The first-order chi connectivity index (χ1) is 13.6. The zero-order chi connectivity index (χ0) is 19.9. The summed E-state index contributed by atoms with van der Waals surface area (Å²) in [5.74, 6) is 0.781. The number of rotatable bonds is 7. The number of benzene rings is 3. The molecule has 1 unspecified atom stereocenters. The Morgan fingerprint density at radius 2 is 1.61 bits per heavy atom. The molecule has 28 heavy (non-hydrogen) atoms. The van der Waals surface area contributed by atoms with E-state index in [2.05, 4.69) is 5.32 Å². The summed E-state index contributed by atoms with van der Waals surface area (Å²) in [6, 6.07) is 20.7. The molecule has 5 heteroatoms. The second kappa shape index (κ2) is 9.04. The van der Waals surface area contributed by atoms with Crippen molar-refractivity contribution < 1.29 is 18.7 Å². The highest BCUT2D eigenvalue weighted by Crippen LogP contribution is 2.26. The van der Waals surface area contributed by atoms with Crippen LogP contribution in [0.2, 0.25) is 0 Å². The lowest BCUT2D eigenvalue weighted by Gasteiger charge is -2.20. The number of carbonyl (C=O) groups excluding carboxylic acids is 1. The first-order valence-corrected chi connectivity index (χ1v) is 8.91. The average molecular weight is 379 g/mol. The van der Waals surface area contributed by atoms with E-state index >= 15 is 0 Å². The molecule has 0 fully saturated rings. The van der Waals surface area contributed by atoms with Crippen molar-refractivity contribution >= 4 is 5.91 Å². The van der Waals surface area contributed by atoms with Crippen LogP contribution in [0.3, 0.4) is 0 Å². The van der Waals surface area contributed by atoms with Crippen LogP contribution in [0.1, 0.15) is 22.7 Å². The van der Waals surface area contributed by atoms with Gasteiger partial charge in [-0.2, -0.15) is 0 Å². The van der Waals surface area contributed by atoms with E-state index < -0.39 is 0 Å². The molecule has 1 amide bonds. The summed E-state index contributed by atoms with van der Waals surface area (Å²) in [7, 11) is 3.14. The van der Waals surface area contributed by atoms with Crippen molar-refractivity contribution in [3.63, 3.8) is 0 Å². The Kier molecular flexibility index (Phi) is 6.27. The van der Waals surface area contributed by atoms with Gasteiger partial charge < -0.3 is 14.8 Å². The summed E-state index contributed by atoms with van der Waals surface area (Å²) >= 11 is 0. The summed E-state index contributed by atoms with van der Waals surface area (Å²) in [4.78, 5) is 12.8. The molecule has 0 aromatic heterocycles. The fourth-order valence-electron chi connectivity index (χ4n) is 3.06. The quantitative estimate of drug-likeness (QED) is 0.666. The van der Waals surface area contributed by atoms with E-state index in [0.717, 1.165) is 16.7 Å². The van der Waals surface area contributed by atoms with E-state index in [9.17, 15) is 9.18 Å². The van der Waals surface area contributed by atoms with Gasteiger partial charge in [0.15, 0.2) is 0 Å². The molecule has 3 rings (SSSR count). The number of ether oxygens (including phenoxy) is 2. The predicted octanol–water partition coefficient (Wildman–Crippen LogP) is 4.29. The molecule has 0 saturated heterocycles. The van der Waals surface area contributed by atoms with E-state index in [1.165, 1.54) is 12.1 Å². The Morgan fingerprint density at radius 3 is 2.25 bits per heavy atom. The van der Waals surface area contributed by atoms with Gasteiger partial charge in [0.1, 0.15) is 17.3 Å². The molecule has 0 aliphatic rings. The van der Waals surface area contributed by atoms with Gasteiger partial charge in [0.05, 0.1) is 26.7 Å². The topological polar surface area (TPSA) is 47.6 Å². The molecular formula is C23H22FNO3. The van der Waals surface area contributed by atoms with Crippen molar-refractivity contribution in [1.82, 2.24) is 5.32 Å². The molecule has 3 aromatic carbocycles. The van der Waals surface area contributed by atoms with E-state index in [-0.39, 0.29) is 24.2 Å². The summed E-state index contributed by atoms with van der Waals surface area (Å²) in [6.07, 6.45) is 0.130. The van der Waals surface area contributed by atoms with Gasteiger partial charge in [0.2, 0.25) is 5.91 Å². The van der Waals surface area contributed by atoms with Crippen LogP contribution in [-0.2, 0) is 11.2 Å². The van der Waals surface area contributed by atoms with Crippen molar-refractivity contribution in [3.05, 3.63) is 95.3 Å². The van der Waals surface area contributed by atoms with Gasteiger partial charge in [0, 0.05) is 5.56 Å². The number of methoxy groups -OCH3 is 2. The van der Waals surface area contributed by atoms with Gasteiger partial charge in [-0.1, -0.05) is 42.5 Å². The first-order valence-electron chi connectivity index (χ1n) is 8.91. The minimum Gasteiger partial charge on any atom is -0.497 e. The fraction of sp³-hybridized carbons (Fsp3) is 0.174. The molecule has 0 bridgehead atoms. The summed E-state index contributed by atoms with van der Waals surface area (Å²) in [5, 5.41) is 3.05. The molecule has 3 aromatic rings. The van der Waals surface area contributed by atoms with Gasteiger partial charge in [-0.15, -0.1) is 0 Å². The van der Waals surface area contributed by atoms with Crippen LogP contribution in [0.5, 0.6) is 11.5 Å². The Morgan fingerprint density at radius 1 is 0.929 bits per heavy atom. The van der Waals surface area contributed by atoms with E-state index in [0.29, 0.717) is 11.5 Å². The maximum absolute atomic E-state index is 13.3. The minimum atomic E-state index is -0.383. The molecule has 0 spiro atoms. The van der Waals surface area contributed by atoms with Crippen LogP contribution >= 0.6 is 0 Å². The highest BCUT2D eigenvalue weighted by Gasteiger charge is 2.18. The highest BCUT2D eigenvalue weighted by molar-refractivity contribution is 5.80. The smallest absolute Gasteiger partial charge is 0.225 e. The summed E-state index contributed by atoms with van der Waals surface area (Å²) in [5.41, 5.74) is 2.45. The minimum absolute atomic E-state index is 0.130. The molecule has 0 saturated carbocycles. The van der Waals surface area contributed by atoms with Crippen molar-refractivity contribution in [1.29, 1.82) is 0 Å². The number of nitrogens with one attached hydrogen (secondary N) is 1. The SMILES string of the molecule is COc1ccc(OC)c(CC(=O)NC(c2ccccc2)c2ccc(F)cc2)c1. The van der Waals surface area contributed by atoms with Crippen LogP contribution in [-0.4, -0.2) is 20.1 Å². The fourth-order valence-corrected chi connectivity index (χ4v) is 3.06. The van der Waals surface area contributed by atoms with Crippen molar-refractivity contribution in [2.45, 2.75) is 12.5 Å². The Hall–Kier alpha value is -3.34. The number of halogens is 1. The van der Waals surface area contributed by atoms with Crippen LogP contribution < -0.4 is 14.8 Å². The molecule has 0 aliphatic heterocycles. The van der Waals surface area contributed by atoms with Crippen molar-refractivity contribution in [3.8, 4) is 11.5 Å². The third kappa shape index (κ3) is 4.68. The second-order valence-corrected chi connectivity index (χ2v) is 6.32. The zero-order valence-corrected chi connectivity index (χ0v) is 15.8. The molecule has 4 nitrogen and oxygen atoms in total. The highest BCUT2D eigenvalue weighted by atomic mass is 19.1. The van der Waals surface area contributed by atoms with Gasteiger partial charge in [-0.05, 0) is 41.5 Å². The Balaban J connectivity index is 1.85. The third-order valence-electron chi connectivity index (χ3n) is 4.48. The molecular weight excluding hydrogens is 357 g/mol. The second-order valence-electron chi connectivity index (χ2n) is 6.32. The van der Waals surface area contributed by atoms with Crippen molar-refractivity contribution in [2.24, 2.45) is 0 Å². The van der Waals surface area contributed by atoms with Gasteiger partial charge in [-0.25, -0.2) is 4.39 Å². The lowest BCUT2D eigenvalue weighted by atomic mass is 9.98. The van der Waals surface area contributed by atoms with Crippen LogP contribution in [0, 0.1) is 5.82 Å². The molecule has 0 radical (unpaired) electrons. The van der Waals surface area contributed by atoms with Crippen molar-refractivity contribution in [2.75, 3.05) is 14.2 Å². The van der Waals surface area contributed by atoms with E-state index in [1.54, 1.807) is 44.6 Å². The number of carbonyl (C=O) groups is 1. The molecule has 1 atom stereocenters. The summed E-state index contributed by atoms with van der Waals surface area (Å²) in [6.45, 7) is 0. The van der Waals surface area contributed by atoms with Gasteiger partial charge in [0.25, 0.3) is 0 Å². The number of amides is 1. The molecule has 144 valence electrons. The maximum atomic E-state index is 13.3. The number of hydrogen-bond acceptors (Lipinski definition) is 3. The standard InChI is InChI=1S/C23H22FNO3/c1-27-20-12-13-21(28-2)18(14-20)15-22(26)25-23(16-6-4-3-5-7-16)17-8-10-19(24)11-9-17/h3-14,23H,15H2,1-2H3,(H,25,26). The Labute approximate surface area is 163 Å². The van der Waals surface area contributed by atoms with Crippen LogP contribution in [0.25, 0.3) is 0 Å². The van der Waals surface area contributed by atoms with Gasteiger partial charge >= 0.3 is 0 Å². The van der Waals surface area contributed by atoms with Gasteiger partial charge in [-0.3, -0.25) is 4.79 Å². The van der Waals surface area contributed by atoms with E-state index in [4.69, 9.17) is 9.47 Å². The third-order valence-corrected chi connectivity index (χ3v) is 4.48. The maximum Gasteiger partial charge on any atom is 0.225 e. The van der Waals surface area contributed by atoms with Crippen LogP contribution in [0.15, 0.2) is 72.8 Å². The Bertz CT molecular complexity index is 926. The predicted molar refractivity (Wildman–Crippen MR) is 106 cm³/mol. The molecule has 1 N–H and O–H groups in total. The lowest BCUT2D eigenvalue weighted by molar-refractivity contribution is -0.121. The number of hydrogen-bond donors (Lipinski definition) is 1. The van der Waals surface area contributed by atoms with E-state index in [1.807, 2.05) is 30.3 Å². The monoisotopic (exact) mass is 379 g/mol. The normalized spacial score (nSPS) is 11.5.